The van der Waals surface area contributed by atoms with Crippen LogP contribution in [0.15, 0.2) is 30.6 Å². The summed E-state index contributed by atoms with van der Waals surface area (Å²) in [6.07, 6.45) is 11.3. The van der Waals surface area contributed by atoms with Crippen LogP contribution in [0.3, 0.4) is 0 Å². The summed E-state index contributed by atoms with van der Waals surface area (Å²) in [5, 5.41) is 0. The fourth-order valence-electron chi connectivity index (χ4n) is 4.30. The molecule has 1 saturated heterocycles. The van der Waals surface area contributed by atoms with Gasteiger partial charge in [0.15, 0.2) is 0 Å². The molecule has 0 spiro atoms. The zero-order chi connectivity index (χ0) is 15.9. The highest BCUT2D eigenvalue weighted by molar-refractivity contribution is 5.39. The third-order valence-corrected chi connectivity index (χ3v) is 5.53. The largest absolute Gasteiger partial charge is 0.344 e. The average Bonchev–Trinajstić information content (AvgIpc) is 3.33. The minimum Gasteiger partial charge on any atom is -0.344 e. The molecule has 5 rings (SSSR count). The number of hydrogen-bond acceptors (Lipinski definition) is 3. The number of fused-ring (bicyclic) bond motifs is 2. The minimum atomic E-state index is 0.425. The van der Waals surface area contributed by atoms with Gasteiger partial charge in [-0.15, -0.1) is 0 Å². The molecule has 1 aliphatic heterocycles. The molecule has 1 atom stereocenters. The maximum absolute atomic E-state index is 4.96. The van der Waals surface area contributed by atoms with Crippen LogP contribution in [0.5, 0.6) is 0 Å². The van der Waals surface area contributed by atoms with Crippen LogP contribution in [-0.4, -0.2) is 30.8 Å². The van der Waals surface area contributed by atoms with Gasteiger partial charge in [-0.1, -0.05) is 6.07 Å². The van der Waals surface area contributed by atoms with Gasteiger partial charge in [-0.05, 0) is 57.2 Å². The van der Waals surface area contributed by atoms with E-state index in [1.807, 2.05) is 6.20 Å². The van der Waals surface area contributed by atoms with Crippen molar-refractivity contribution in [3.8, 4) is 0 Å². The van der Waals surface area contributed by atoms with E-state index < -0.39 is 0 Å². The summed E-state index contributed by atoms with van der Waals surface area (Å²) in [7, 11) is 0. The molecular weight excluding hydrogens is 298 g/mol. The summed E-state index contributed by atoms with van der Waals surface area (Å²) in [5.41, 5.74) is 5.03. The van der Waals surface area contributed by atoms with Gasteiger partial charge in [-0.2, -0.15) is 0 Å². The number of imidazole rings is 2. The molecule has 0 saturated carbocycles. The third-order valence-electron chi connectivity index (χ3n) is 5.53. The van der Waals surface area contributed by atoms with Gasteiger partial charge < -0.3 is 9.38 Å². The minimum absolute atomic E-state index is 0.425. The molecule has 2 aliphatic rings. The Kier molecular flexibility index (Phi) is 3.40. The van der Waals surface area contributed by atoms with Crippen LogP contribution in [0.2, 0.25) is 0 Å². The number of nitrogens with zero attached hydrogens (tertiary/aromatic N) is 4. The highest BCUT2D eigenvalue weighted by Crippen LogP contribution is 2.33. The normalized spacial score (nSPS) is 21.4. The SMILES string of the molecule is c1cc(CN2CCC[C@@H]2c2nc3c([nH]2)CCCC3)n2ccnc2c1. The van der Waals surface area contributed by atoms with Gasteiger partial charge in [0.1, 0.15) is 11.5 Å². The summed E-state index contributed by atoms with van der Waals surface area (Å²) in [5.74, 6) is 1.19. The lowest BCUT2D eigenvalue weighted by molar-refractivity contribution is 0.237. The van der Waals surface area contributed by atoms with Crippen molar-refractivity contribution in [2.45, 2.75) is 51.1 Å². The highest BCUT2D eigenvalue weighted by atomic mass is 15.2. The van der Waals surface area contributed by atoms with E-state index in [2.05, 4.69) is 43.7 Å². The summed E-state index contributed by atoms with van der Waals surface area (Å²) < 4.78 is 2.20. The molecule has 1 aliphatic carbocycles. The molecule has 0 unspecified atom stereocenters. The zero-order valence-electron chi connectivity index (χ0n) is 13.9. The molecule has 5 nitrogen and oxygen atoms in total. The molecular formula is C19H23N5. The van der Waals surface area contributed by atoms with E-state index in [0.29, 0.717) is 6.04 Å². The van der Waals surface area contributed by atoms with Crippen molar-refractivity contribution < 1.29 is 0 Å². The quantitative estimate of drug-likeness (QED) is 0.805. The van der Waals surface area contributed by atoms with Crippen molar-refractivity contribution in [3.05, 3.63) is 53.5 Å². The van der Waals surface area contributed by atoms with Crippen molar-refractivity contribution >= 4 is 5.65 Å². The monoisotopic (exact) mass is 321 g/mol. The van der Waals surface area contributed by atoms with Gasteiger partial charge in [0.2, 0.25) is 0 Å². The molecule has 124 valence electrons. The number of aryl methyl sites for hydroxylation is 2. The Morgan fingerprint density at radius 1 is 1.17 bits per heavy atom. The van der Waals surface area contributed by atoms with Gasteiger partial charge in [-0.3, -0.25) is 4.90 Å². The number of hydrogen-bond donors (Lipinski definition) is 1. The number of pyridine rings is 1. The predicted octanol–water partition coefficient (Wildman–Crippen LogP) is 3.27. The number of aromatic amines is 1. The second-order valence-electron chi connectivity index (χ2n) is 7.06. The fourth-order valence-corrected chi connectivity index (χ4v) is 4.30. The van der Waals surface area contributed by atoms with Crippen LogP contribution in [0, 0.1) is 0 Å². The molecule has 3 aromatic rings. The Morgan fingerprint density at radius 3 is 3.08 bits per heavy atom. The molecule has 0 aromatic carbocycles. The van der Waals surface area contributed by atoms with E-state index >= 15 is 0 Å². The van der Waals surface area contributed by atoms with Crippen molar-refractivity contribution in [1.29, 1.82) is 0 Å². The molecule has 0 bridgehead atoms. The molecule has 24 heavy (non-hydrogen) atoms. The Balaban J connectivity index is 1.43. The van der Waals surface area contributed by atoms with Crippen molar-refractivity contribution in [1.82, 2.24) is 24.3 Å². The number of nitrogens with one attached hydrogen (secondary N) is 1. The Hall–Kier alpha value is -2.14. The molecule has 0 radical (unpaired) electrons. The average molecular weight is 321 g/mol. The van der Waals surface area contributed by atoms with Gasteiger partial charge in [0, 0.05) is 30.3 Å². The molecule has 3 aromatic heterocycles. The first kappa shape index (κ1) is 14.2. The summed E-state index contributed by atoms with van der Waals surface area (Å²) >= 11 is 0. The van der Waals surface area contributed by atoms with Crippen molar-refractivity contribution in [3.63, 3.8) is 0 Å². The van der Waals surface area contributed by atoms with E-state index in [0.717, 1.165) is 25.2 Å². The van der Waals surface area contributed by atoms with E-state index in [1.165, 1.54) is 55.0 Å². The molecule has 5 heteroatoms. The number of rotatable bonds is 3. The van der Waals surface area contributed by atoms with Crippen LogP contribution >= 0.6 is 0 Å². The second-order valence-corrected chi connectivity index (χ2v) is 7.06. The second kappa shape index (κ2) is 5.74. The Bertz CT molecular complexity index is 838. The summed E-state index contributed by atoms with van der Waals surface area (Å²) in [6.45, 7) is 2.09. The number of likely N-dealkylation sites (tertiary alicyclic amines) is 1. The predicted molar refractivity (Wildman–Crippen MR) is 92.8 cm³/mol. The zero-order valence-corrected chi connectivity index (χ0v) is 13.9. The van der Waals surface area contributed by atoms with Crippen LogP contribution in [-0.2, 0) is 19.4 Å². The topological polar surface area (TPSA) is 49.2 Å². The third kappa shape index (κ3) is 2.35. The van der Waals surface area contributed by atoms with Gasteiger partial charge in [0.05, 0.1) is 11.7 Å². The van der Waals surface area contributed by atoms with Gasteiger partial charge >= 0.3 is 0 Å². The lowest BCUT2D eigenvalue weighted by Gasteiger charge is -2.23. The smallest absolute Gasteiger partial charge is 0.136 e. The maximum atomic E-state index is 4.96. The lowest BCUT2D eigenvalue weighted by Crippen LogP contribution is -2.24. The Morgan fingerprint density at radius 2 is 2.12 bits per heavy atom. The highest BCUT2D eigenvalue weighted by Gasteiger charge is 2.30. The molecule has 0 amide bonds. The number of H-pyrrole nitrogens is 1. The van der Waals surface area contributed by atoms with E-state index in [1.54, 1.807) is 0 Å². The fraction of sp³-hybridized carbons (Fsp3) is 0.474. The van der Waals surface area contributed by atoms with Crippen molar-refractivity contribution in [2.75, 3.05) is 6.54 Å². The van der Waals surface area contributed by atoms with Crippen LogP contribution in [0.4, 0.5) is 0 Å². The van der Waals surface area contributed by atoms with Crippen LogP contribution in [0.25, 0.3) is 5.65 Å². The first-order valence-corrected chi connectivity index (χ1v) is 9.11. The van der Waals surface area contributed by atoms with E-state index in [-0.39, 0.29) is 0 Å². The van der Waals surface area contributed by atoms with Gasteiger partial charge in [-0.25, -0.2) is 9.97 Å². The van der Waals surface area contributed by atoms with Gasteiger partial charge in [0.25, 0.3) is 0 Å². The van der Waals surface area contributed by atoms with Crippen molar-refractivity contribution in [2.24, 2.45) is 0 Å². The first-order valence-electron chi connectivity index (χ1n) is 9.11. The summed E-state index contributed by atoms with van der Waals surface area (Å²) in [4.78, 5) is 15.6. The van der Waals surface area contributed by atoms with Crippen LogP contribution in [0.1, 0.15) is 54.6 Å². The summed E-state index contributed by atoms with van der Waals surface area (Å²) in [6, 6.07) is 6.80. The molecule has 1 fully saturated rings. The molecule has 4 heterocycles. The standard InChI is InChI=1S/C19H23N5/c1-2-7-16-15(6-1)21-19(22-16)17-8-4-11-23(17)13-14-5-3-9-18-20-10-12-24(14)18/h3,5,9-10,12,17H,1-2,4,6-8,11,13H2,(H,21,22)/t17-/m1/s1. The van der Waals surface area contributed by atoms with E-state index in [4.69, 9.17) is 4.98 Å². The Labute approximate surface area is 141 Å². The number of aromatic nitrogens is 4. The lowest BCUT2D eigenvalue weighted by atomic mass is 10.0. The maximum Gasteiger partial charge on any atom is 0.136 e. The van der Waals surface area contributed by atoms with E-state index in [9.17, 15) is 0 Å². The molecule has 1 N–H and O–H groups in total. The van der Waals surface area contributed by atoms with Crippen LogP contribution < -0.4 is 0 Å². The first-order chi connectivity index (χ1) is 11.9.